The molecule has 1 atom stereocenters. The van der Waals surface area contributed by atoms with E-state index in [1.165, 1.54) is 12.1 Å². The number of amides is 1. The third kappa shape index (κ3) is 3.15. The number of halogens is 1. The third-order valence-electron chi connectivity index (χ3n) is 3.06. The molecule has 0 radical (unpaired) electrons. The normalized spacial score (nSPS) is 11.8. The van der Waals surface area contributed by atoms with Crippen molar-refractivity contribution in [2.24, 2.45) is 0 Å². The fraction of sp³-hybridized carbons (Fsp3) is 0.188. The molecule has 0 aliphatic heterocycles. The number of benzene rings is 2. The van der Waals surface area contributed by atoms with E-state index in [1.807, 2.05) is 31.2 Å². The highest BCUT2D eigenvalue weighted by atomic mass is 19.1. The van der Waals surface area contributed by atoms with Gasteiger partial charge in [0.15, 0.2) is 0 Å². The van der Waals surface area contributed by atoms with Crippen LogP contribution in [0.4, 0.5) is 4.39 Å². The van der Waals surface area contributed by atoms with Gasteiger partial charge in [-0.15, -0.1) is 0 Å². The second-order valence-corrected chi connectivity index (χ2v) is 4.45. The topological polar surface area (TPSA) is 38.3 Å². The van der Waals surface area contributed by atoms with Crippen LogP contribution in [-0.2, 0) is 0 Å². The van der Waals surface area contributed by atoms with Gasteiger partial charge in [-0.05, 0) is 36.8 Å². The number of rotatable bonds is 4. The molecule has 0 bridgehead atoms. The van der Waals surface area contributed by atoms with Gasteiger partial charge in [0.25, 0.3) is 5.91 Å². The lowest BCUT2D eigenvalue weighted by molar-refractivity contribution is 0.0935. The first-order chi connectivity index (χ1) is 9.61. The molecule has 1 N–H and O–H groups in total. The number of carbonyl (C=O) groups excluding carboxylic acids is 1. The number of hydrogen-bond acceptors (Lipinski definition) is 2. The summed E-state index contributed by atoms with van der Waals surface area (Å²) in [7, 11) is 1.59. The SMILES string of the molecule is COc1cccc([C@@H](C)NC(=O)c2ccccc2F)c1. The van der Waals surface area contributed by atoms with E-state index in [9.17, 15) is 9.18 Å². The van der Waals surface area contributed by atoms with Gasteiger partial charge in [-0.1, -0.05) is 24.3 Å². The Kier molecular flexibility index (Phi) is 4.35. The minimum Gasteiger partial charge on any atom is -0.497 e. The Morgan fingerprint density at radius 1 is 1.20 bits per heavy atom. The lowest BCUT2D eigenvalue weighted by atomic mass is 10.1. The molecular formula is C16H16FNO2. The van der Waals surface area contributed by atoms with Gasteiger partial charge in [0.05, 0.1) is 18.7 Å². The van der Waals surface area contributed by atoms with E-state index < -0.39 is 11.7 Å². The zero-order valence-electron chi connectivity index (χ0n) is 11.4. The average molecular weight is 273 g/mol. The highest BCUT2D eigenvalue weighted by Gasteiger charge is 2.14. The zero-order valence-corrected chi connectivity index (χ0v) is 11.4. The summed E-state index contributed by atoms with van der Waals surface area (Å²) in [6.07, 6.45) is 0. The van der Waals surface area contributed by atoms with Crippen LogP contribution in [0.5, 0.6) is 5.75 Å². The summed E-state index contributed by atoms with van der Waals surface area (Å²) in [5.74, 6) is -0.240. The van der Waals surface area contributed by atoms with Gasteiger partial charge in [-0.25, -0.2) is 4.39 Å². The average Bonchev–Trinajstić information content (AvgIpc) is 2.47. The predicted octanol–water partition coefficient (Wildman–Crippen LogP) is 3.33. The van der Waals surface area contributed by atoms with Crippen molar-refractivity contribution in [3.05, 3.63) is 65.5 Å². The van der Waals surface area contributed by atoms with Crippen LogP contribution >= 0.6 is 0 Å². The number of methoxy groups -OCH3 is 1. The Morgan fingerprint density at radius 3 is 2.65 bits per heavy atom. The first-order valence-electron chi connectivity index (χ1n) is 6.31. The second-order valence-electron chi connectivity index (χ2n) is 4.45. The Bertz CT molecular complexity index is 613. The lowest BCUT2D eigenvalue weighted by Gasteiger charge is -2.15. The summed E-state index contributed by atoms with van der Waals surface area (Å²) in [6.45, 7) is 1.84. The quantitative estimate of drug-likeness (QED) is 0.928. The molecule has 0 heterocycles. The Hall–Kier alpha value is -2.36. The van der Waals surface area contributed by atoms with Crippen molar-refractivity contribution in [2.45, 2.75) is 13.0 Å². The molecule has 104 valence electrons. The first-order valence-corrected chi connectivity index (χ1v) is 6.31. The van der Waals surface area contributed by atoms with E-state index in [2.05, 4.69) is 5.32 Å². The Morgan fingerprint density at radius 2 is 1.95 bits per heavy atom. The number of carbonyl (C=O) groups is 1. The Labute approximate surface area is 117 Å². The third-order valence-corrected chi connectivity index (χ3v) is 3.06. The highest BCUT2D eigenvalue weighted by Crippen LogP contribution is 2.19. The molecule has 4 heteroatoms. The van der Waals surface area contributed by atoms with Crippen molar-refractivity contribution >= 4 is 5.91 Å². The van der Waals surface area contributed by atoms with Crippen molar-refractivity contribution in [1.29, 1.82) is 0 Å². The molecule has 0 aliphatic rings. The van der Waals surface area contributed by atoms with E-state index in [4.69, 9.17) is 4.74 Å². The predicted molar refractivity (Wildman–Crippen MR) is 75.3 cm³/mol. The maximum absolute atomic E-state index is 13.5. The van der Waals surface area contributed by atoms with Crippen molar-refractivity contribution in [3.8, 4) is 5.75 Å². The van der Waals surface area contributed by atoms with Crippen molar-refractivity contribution < 1.29 is 13.9 Å². The fourth-order valence-corrected chi connectivity index (χ4v) is 1.91. The van der Waals surface area contributed by atoms with Crippen LogP contribution in [0.25, 0.3) is 0 Å². The maximum Gasteiger partial charge on any atom is 0.254 e. The van der Waals surface area contributed by atoms with Crippen LogP contribution in [0.3, 0.4) is 0 Å². The molecule has 0 spiro atoms. The van der Waals surface area contributed by atoms with Crippen molar-refractivity contribution in [3.63, 3.8) is 0 Å². The first kappa shape index (κ1) is 14.1. The van der Waals surface area contributed by atoms with E-state index in [-0.39, 0.29) is 11.6 Å². The van der Waals surface area contributed by atoms with Crippen LogP contribution in [-0.4, -0.2) is 13.0 Å². The molecule has 3 nitrogen and oxygen atoms in total. The van der Waals surface area contributed by atoms with Crippen LogP contribution in [0, 0.1) is 5.82 Å². The highest BCUT2D eigenvalue weighted by molar-refractivity contribution is 5.94. The summed E-state index contributed by atoms with van der Waals surface area (Å²) in [5, 5.41) is 2.77. The van der Waals surface area contributed by atoms with Crippen molar-refractivity contribution in [1.82, 2.24) is 5.32 Å². The van der Waals surface area contributed by atoms with Gasteiger partial charge in [0.1, 0.15) is 11.6 Å². The number of nitrogens with one attached hydrogen (secondary N) is 1. The van der Waals surface area contributed by atoms with Gasteiger partial charge in [0.2, 0.25) is 0 Å². The van der Waals surface area contributed by atoms with Crippen LogP contribution in [0.1, 0.15) is 28.9 Å². The standard InChI is InChI=1S/C16H16FNO2/c1-11(12-6-5-7-13(10-12)20-2)18-16(19)14-8-3-4-9-15(14)17/h3-11H,1-2H3,(H,18,19)/t11-/m1/s1. The fourth-order valence-electron chi connectivity index (χ4n) is 1.91. The van der Waals surface area contributed by atoms with Crippen LogP contribution in [0.2, 0.25) is 0 Å². The molecular weight excluding hydrogens is 257 g/mol. The van der Waals surface area contributed by atoms with E-state index in [0.717, 1.165) is 11.3 Å². The molecule has 1 amide bonds. The zero-order chi connectivity index (χ0) is 14.5. The minimum atomic E-state index is -0.525. The molecule has 0 fully saturated rings. The summed E-state index contributed by atoms with van der Waals surface area (Å²) >= 11 is 0. The van der Waals surface area contributed by atoms with Crippen LogP contribution < -0.4 is 10.1 Å². The summed E-state index contributed by atoms with van der Waals surface area (Å²) in [4.78, 5) is 12.0. The molecule has 0 saturated carbocycles. The smallest absolute Gasteiger partial charge is 0.254 e. The molecule has 0 unspecified atom stereocenters. The Balaban J connectivity index is 2.13. The van der Waals surface area contributed by atoms with E-state index in [0.29, 0.717) is 0 Å². The van der Waals surface area contributed by atoms with Gasteiger partial charge >= 0.3 is 0 Å². The van der Waals surface area contributed by atoms with Crippen LogP contribution in [0.15, 0.2) is 48.5 Å². The molecule has 2 aromatic carbocycles. The molecule has 0 saturated heterocycles. The van der Waals surface area contributed by atoms with Crippen molar-refractivity contribution in [2.75, 3.05) is 7.11 Å². The molecule has 2 rings (SSSR count). The lowest BCUT2D eigenvalue weighted by Crippen LogP contribution is -2.27. The molecule has 0 aromatic heterocycles. The van der Waals surface area contributed by atoms with Gasteiger partial charge in [-0.3, -0.25) is 4.79 Å². The largest absolute Gasteiger partial charge is 0.497 e. The molecule has 0 aliphatic carbocycles. The molecule has 20 heavy (non-hydrogen) atoms. The summed E-state index contributed by atoms with van der Waals surface area (Å²) in [6, 6.07) is 13.1. The van der Waals surface area contributed by atoms with E-state index in [1.54, 1.807) is 19.2 Å². The maximum atomic E-state index is 13.5. The second kappa shape index (κ2) is 6.19. The van der Waals surface area contributed by atoms with Gasteiger partial charge in [0, 0.05) is 0 Å². The number of ether oxygens (including phenoxy) is 1. The molecule has 2 aromatic rings. The van der Waals surface area contributed by atoms with Gasteiger partial charge < -0.3 is 10.1 Å². The summed E-state index contributed by atoms with van der Waals surface area (Å²) < 4.78 is 18.7. The summed E-state index contributed by atoms with van der Waals surface area (Å²) in [5.41, 5.74) is 0.941. The minimum absolute atomic E-state index is 0.0437. The monoisotopic (exact) mass is 273 g/mol. The van der Waals surface area contributed by atoms with Gasteiger partial charge in [-0.2, -0.15) is 0 Å². The van der Waals surface area contributed by atoms with E-state index >= 15 is 0 Å². The number of hydrogen-bond donors (Lipinski definition) is 1.